The van der Waals surface area contributed by atoms with Crippen LogP contribution >= 0.6 is 0 Å². The van der Waals surface area contributed by atoms with Gasteiger partial charge in [0.25, 0.3) is 0 Å². The molecule has 0 unspecified atom stereocenters. The lowest BCUT2D eigenvalue weighted by molar-refractivity contribution is 0.300. The standard InChI is InChI=1S/C15H23NO/c1-3-12-10-13(11(2)9-14(12)17)15(16)7-5-4-6-8-15/h9-10,17H,3-8,16H2,1-2H3. The zero-order chi connectivity index (χ0) is 12.5. The molecule has 0 atom stereocenters. The average molecular weight is 233 g/mol. The Bertz CT molecular complexity index is 406. The molecular formula is C15H23NO. The van der Waals surface area contributed by atoms with E-state index >= 15 is 0 Å². The largest absolute Gasteiger partial charge is 0.508 e. The van der Waals surface area contributed by atoms with E-state index in [1.807, 2.05) is 6.07 Å². The van der Waals surface area contributed by atoms with Crippen molar-refractivity contribution in [2.75, 3.05) is 0 Å². The maximum Gasteiger partial charge on any atom is 0.119 e. The summed E-state index contributed by atoms with van der Waals surface area (Å²) in [5.74, 6) is 0.410. The highest BCUT2D eigenvalue weighted by Gasteiger charge is 2.31. The molecule has 0 radical (unpaired) electrons. The Labute approximate surface area is 104 Å². The molecule has 2 nitrogen and oxygen atoms in total. The SMILES string of the molecule is CCc1cc(C2(N)CCCCC2)c(C)cc1O. The zero-order valence-corrected chi connectivity index (χ0v) is 10.9. The van der Waals surface area contributed by atoms with Gasteiger partial charge in [-0.05, 0) is 48.9 Å². The molecule has 0 heterocycles. The lowest BCUT2D eigenvalue weighted by Gasteiger charge is -2.35. The summed E-state index contributed by atoms with van der Waals surface area (Å²) in [7, 11) is 0. The van der Waals surface area contributed by atoms with Gasteiger partial charge >= 0.3 is 0 Å². The minimum Gasteiger partial charge on any atom is -0.508 e. The molecule has 0 saturated heterocycles. The van der Waals surface area contributed by atoms with E-state index in [0.29, 0.717) is 5.75 Å². The Hall–Kier alpha value is -1.02. The summed E-state index contributed by atoms with van der Waals surface area (Å²) in [6, 6.07) is 3.99. The fourth-order valence-electron chi connectivity index (χ4n) is 3.01. The van der Waals surface area contributed by atoms with Crippen molar-refractivity contribution in [2.45, 2.75) is 57.9 Å². The third-order valence-corrected chi connectivity index (χ3v) is 4.09. The van der Waals surface area contributed by atoms with E-state index in [0.717, 1.165) is 30.4 Å². The number of phenolic OH excluding ortho intramolecular Hbond substituents is 1. The van der Waals surface area contributed by atoms with Crippen LogP contribution in [0, 0.1) is 6.92 Å². The van der Waals surface area contributed by atoms with Crippen LogP contribution in [0.5, 0.6) is 5.75 Å². The monoisotopic (exact) mass is 233 g/mol. The highest BCUT2D eigenvalue weighted by molar-refractivity contribution is 5.44. The van der Waals surface area contributed by atoms with Crippen molar-refractivity contribution in [3.8, 4) is 5.75 Å². The molecule has 1 fully saturated rings. The average Bonchev–Trinajstić information content (AvgIpc) is 2.30. The molecule has 1 aromatic carbocycles. The van der Waals surface area contributed by atoms with Crippen LogP contribution in [0.3, 0.4) is 0 Å². The molecule has 1 aromatic rings. The summed E-state index contributed by atoms with van der Waals surface area (Å²) in [5.41, 5.74) is 9.79. The number of aryl methyl sites for hydroxylation is 2. The van der Waals surface area contributed by atoms with Crippen molar-refractivity contribution in [1.82, 2.24) is 0 Å². The van der Waals surface area contributed by atoms with E-state index in [1.54, 1.807) is 0 Å². The van der Waals surface area contributed by atoms with Crippen LogP contribution in [0.1, 0.15) is 55.7 Å². The van der Waals surface area contributed by atoms with E-state index < -0.39 is 0 Å². The van der Waals surface area contributed by atoms with Crippen molar-refractivity contribution in [1.29, 1.82) is 0 Å². The van der Waals surface area contributed by atoms with Gasteiger partial charge < -0.3 is 10.8 Å². The molecule has 0 aromatic heterocycles. The predicted molar refractivity (Wildman–Crippen MR) is 71.2 cm³/mol. The first-order valence-electron chi connectivity index (χ1n) is 6.68. The summed E-state index contributed by atoms with van der Waals surface area (Å²) in [4.78, 5) is 0. The van der Waals surface area contributed by atoms with Gasteiger partial charge in [-0.25, -0.2) is 0 Å². The minimum atomic E-state index is -0.167. The molecule has 17 heavy (non-hydrogen) atoms. The van der Waals surface area contributed by atoms with E-state index in [4.69, 9.17) is 5.73 Å². The predicted octanol–water partition coefficient (Wildman–Crippen LogP) is 3.38. The van der Waals surface area contributed by atoms with Gasteiger partial charge in [0.15, 0.2) is 0 Å². The van der Waals surface area contributed by atoms with Crippen molar-refractivity contribution in [3.05, 3.63) is 28.8 Å². The van der Waals surface area contributed by atoms with Gasteiger partial charge in [-0.1, -0.05) is 32.3 Å². The molecular weight excluding hydrogens is 210 g/mol. The molecule has 0 aliphatic heterocycles. The lowest BCUT2D eigenvalue weighted by Crippen LogP contribution is -2.39. The summed E-state index contributed by atoms with van der Waals surface area (Å²) < 4.78 is 0. The second-order valence-electron chi connectivity index (χ2n) is 5.37. The summed E-state index contributed by atoms with van der Waals surface area (Å²) in [6.45, 7) is 4.12. The van der Waals surface area contributed by atoms with Gasteiger partial charge in [-0.3, -0.25) is 0 Å². The molecule has 0 spiro atoms. The Morgan fingerprint density at radius 2 is 1.88 bits per heavy atom. The van der Waals surface area contributed by atoms with Crippen LogP contribution in [-0.2, 0) is 12.0 Å². The number of rotatable bonds is 2. The van der Waals surface area contributed by atoms with Gasteiger partial charge in [-0.2, -0.15) is 0 Å². The number of phenols is 1. The molecule has 1 aliphatic carbocycles. The fraction of sp³-hybridized carbons (Fsp3) is 0.600. The van der Waals surface area contributed by atoms with Crippen LogP contribution in [0.4, 0.5) is 0 Å². The number of hydrogen-bond donors (Lipinski definition) is 2. The second-order valence-corrected chi connectivity index (χ2v) is 5.37. The third kappa shape index (κ3) is 2.32. The summed E-state index contributed by atoms with van der Waals surface area (Å²) in [5, 5.41) is 9.86. The number of aromatic hydroxyl groups is 1. The van der Waals surface area contributed by atoms with Crippen molar-refractivity contribution in [3.63, 3.8) is 0 Å². The van der Waals surface area contributed by atoms with Gasteiger partial charge in [-0.15, -0.1) is 0 Å². The van der Waals surface area contributed by atoms with Gasteiger partial charge in [0.05, 0.1) is 0 Å². The molecule has 0 bridgehead atoms. The minimum absolute atomic E-state index is 0.167. The molecule has 2 rings (SSSR count). The quantitative estimate of drug-likeness (QED) is 0.822. The Balaban J connectivity index is 2.43. The zero-order valence-electron chi connectivity index (χ0n) is 10.9. The van der Waals surface area contributed by atoms with E-state index in [2.05, 4.69) is 19.9 Å². The maximum atomic E-state index is 9.86. The second kappa shape index (κ2) is 4.69. The van der Waals surface area contributed by atoms with E-state index in [-0.39, 0.29) is 5.54 Å². The number of benzene rings is 1. The van der Waals surface area contributed by atoms with Crippen LogP contribution in [0.25, 0.3) is 0 Å². The van der Waals surface area contributed by atoms with Crippen LogP contribution in [-0.4, -0.2) is 5.11 Å². The van der Waals surface area contributed by atoms with Crippen LogP contribution in [0.15, 0.2) is 12.1 Å². The normalized spacial score (nSPS) is 19.2. The molecule has 94 valence electrons. The lowest BCUT2D eigenvalue weighted by atomic mass is 9.75. The first-order chi connectivity index (χ1) is 8.07. The van der Waals surface area contributed by atoms with Crippen molar-refractivity contribution < 1.29 is 5.11 Å². The Morgan fingerprint density at radius 1 is 1.24 bits per heavy atom. The van der Waals surface area contributed by atoms with Crippen LogP contribution in [0.2, 0.25) is 0 Å². The van der Waals surface area contributed by atoms with Gasteiger partial charge in [0, 0.05) is 5.54 Å². The molecule has 1 saturated carbocycles. The van der Waals surface area contributed by atoms with E-state index in [1.165, 1.54) is 24.8 Å². The van der Waals surface area contributed by atoms with Crippen molar-refractivity contribution in [2.24, 2.45) is 5.73 Å². The maximum absolute atomic E-state index is 9.86. The summed E-state index contributed by atoms with van der Waals surface area (Å²) in [6.07, 6.45) is 6.74. The number of hydrogen-bond acceptors (Lipinski definition) is 2. The molecule has 2 heteroatoms. The highest BCUT2D eigenvalue weighted by atomic mass is 16.3. The first kappa shape index (κ1) is 12.4. The summed E-state index contributed by atoms with van der Waals surface area (Å²) >= 11 is 0. The van der Waals surface area contributed by atoms with Crippen LogP contribution < -0.4 is 5.73 Å². The van der Waals surface area contributed by atoms with Gasteiger partial charge in [0.2, 0.25) is 0 Å². The Morgan fingerprint density at radius 3 is 2.47 bits per heavy atom. The number of nitrogens with two attached hydrogens (primary N) is 1. The first-order valence-corrected chi connectivity index (χ1v) is 6.68. The molecule has 0 amide bonds. The highest BCUT2D eigenvalue weighted by Crippen LogP contribution is 2.38. The molecule has 1 aliphatic rings. The smallest absolute Gasteiger partial charge is 0.119 e. The van der Waals surface area contributed by atoms with Gasteiger partial charge in [0.1, 0.15) is 5.75 Å². The Kier molecular flexibility index (Phi) is 3.43. The van der Waals surface area contributed by atoms with Crippen molar-refractivity contribution >= 4 is 0 Å². The fourth-order valence-corrected chi connectivity index (χ4v) is 3.01. The third-order valence-electron chi connectivity index (χ3n) is 4.09. The van der Waals surface area contributed by atoms with E-state index in [9.17, 15) is 5.11 Å². The molecule has 3 N–H and O–H groups in total. The topological polar surface area (TPSA) is 46.2 Å².